The summed E-state index contributed by atoms with van der Waals surface area (Å²) < 4.78 is 5.20. The van der Waals surface area contributed by atoms with Crippen LogP contribution in [-0.2, 0) is 9.53 Å². The molecule has 3 heteroatoms. The van der Waals surface area contributed by atoms with Crippen molar-refractivity contribution in [3.63, 3.8) is 0 Å². The van der Waals surface area contributed by atoms with Gasteiger partial charge in [-0.2, -0.15) is 0 Å². The van der Waals surface area contributed by atoms with Crippen LogP contribution in [0.3, 0.4) is 0 Å². The first-order valence-electron chi connectivity index (χ1n) is 4.86. The van der Waals surface area contributed by atoms with E-state index in [1.165, 1.54) is 0 Å². The summed E-state index contributed by atoms with van der Waals surface area (Å²) in [5.41, 5.74) is 5.36. The van der Waals surface area contributed by atoms with Gasteiger partial charge in [0.25, 0.3) is 0 Å². The summed E-state index contributed by atoms with van der Waals surface area (Å²) in [5, 5.41) is 0. The number of hydrogen-bond donors (Lipinski definition) is 1. The van der Waals surface area contributed by atoms with Gasteiger partial charge in [0.15, 0.2) is 0 Å². The number of ether oxygens (including phenoxy) is 1. The second-order valence-corrected chi connectivity index (χ2v) is 4.79. The summed E-state index contributed by atoms with van der Waals surface area (Å²) in [4.78, 5) is 11.3. The van der Waals surface area contributed by atoms with Crippen LogP contribution in [0.15, 0.2) is 0 Å². The number of carbonyl (C=O) groups excluding carboxylic acids is 1. The van der Waals surface area contributed by atoms with Gasteiger partial charge in [0.05, 0.1) is 0 Å². The molecule has 1 saturated carbocycles. The van der Waals surface area contributed by atoms with E-state index in [0.717, 1.165) is 12.8 Å². The zero-order valence-corrected chi connectivity index (χ0v) is 8.67. The van der Waals surface area contributed by atoms with E-state index in [1.54, 1.807) is 0 Å². The van der Waals surface area contributed by atoms with Crippen LogP contribution in [0.5, 0.6) is 0 Å². The zero-order valence-electron chi connectivity index (χ0n) is 8.67. The molecule has 2 atom stereocenters. The van der Waals surface area contributed by atoms with Crippen molar-refractivity contribution in [3.8, 4) is 0 Å². The fraction of sp³-hybridized carbons (Fsp3) is 0.900. The Morgan fingerprint density at radius 1 is 1.46 bits per heavy atom. The minimum Gasteiger partial charge on any atom is -0.460 e. The largest absolute Gasteiger partial charge is 0.460 e. The highest BCUT2D eigenvalue weighted by Crippen LogP contribution is 2.29. The van der Waals surface area contributed by atoms with E-state index < -0.39 is 0 Å². The van der Waals surface area contributed by atoms with E-state index in [-0.39, 0.29) is 17.6 Å². The van der Waals surface area contributed by atoms with Gasteiger partial charge in [0.1, 0.15) is 5.60 Å². The lowest BCUT2D eigenvalue weighted by Crippen LogP contribution is -2.41. The average Bonchev–Trinajstić information content (AvgIpc) is 1.94. The van der Waals surface area contributed by atoms with E-state index in [4.69, 9.17) is 10.5 Å². The monoisotopic (exact) mass is 185 g/mol. The Morgan fingerprint density at radius 2 is 2.08 bits per heavy atom. The fourth-order valence-electron chi connectivity index (χ4n) is 1.45. The Morgan fingerprint density at radius 3 is 2.38 bits per heavy atom. The summed E-state index contributed by atoms with van der Waals surface area (Å²) in [6.45, 7) is 5.64. The molecule has 0 aromatic carbocycles. The predicted octanol–water partition coefficient (Wildman–Crippen LogP) is 1.46. The van der Waals surface area contributed by atoms with Crippen molar-refractivity contribution in [2.75, 3.05) is 0 Å². The van der Waals surface area contributed by atoms with Crippen molar-refractivity contribution >= 4 is 5.97 Å². The number of rotatable bonds is 2. The topological polar surface area (TPSA) is 52.3 Å². The molecule has 1 aliphatic rings. The van der Waals surface area contributed by atoms with Crippen molar-refractivity contribution < 1.29 is 9.53 Å². The third-order valence-electron chi connectivity index (χ3n) is 2.33. The minimum absolute atomic E-state index is 0.118. The van der Waals surface area contributed by atoms with Crippen LogP contribution in [0.4, 0.5) is 0 Å². The lowest BCUT2D eigenvalue weighted by molar-refractivity contribution is -0.156. The van der Waals surface area contributed by atoms with E-state index in [2.05, 4.69) is 0 Å². The summed E-state index contributed by atoms with van der Waals surface area (Å²) in [5.74, 6) is 0.238. The number of carbonyl (C=O) groups is 1. The van der Waals surface area contributed by atoms with Crippen LogP contribution in [0, 0.1) is 5.92 Å². The Hall–Kier alpha value is -0.570. The third kappa shape index (κ3) is 3.35. The van der Waals surface area contributed by atoms with Crippen LogP contribution in [0.25, 0.3) is 0 Å². The highest BCUT2D eigenvalue weighted by atomic mass is 16.6. The van der Waals surface area contributed by atoms with E-state index in [1.807, 2.05) is 20.8 Å². The first-order chi connectivity index (χ1) is 5.88. The number of hydrogen-bond acceptors (Lipinski definition) is 3. The maximum absolute atomic E-state index is 11.3. The normalized spacial score (nSPS) is 28.0. The molecule has 0 heterocycles. The molecule has 0 bridgehead atoms. The average molecular weight is 185 g/mol. The van der Waals surface area contributed by atoms with E-state index >= 15 is 0 Å². The van der Waals surface area contributed by atoms with Crippen molar-refractivity contribution in [2.24, 2.45) is 11.7 Å². The SMILES string of the molecule is CC(C)(C)OC(=O)CC1CCC1N. The molecule has 0 radical (unpaired) electrons. The van der Waals surface area contributed by atoms with Crippen LogP contribution in [0.1, 0.15) is 40.0 Å². The van der Waals surface area contributed by atoms with Gasteiger partial charge in [0, 0.05) is 12.5 Å². The first kappa shape index (κ1) is 10.5. The summed E-state index contributed by atoms with van der Waals surface area (Å²) in [7, 11) is 0. The minimum atomic E-state index is -0.370. The van der Waals surface area contributed by atoms with Gasteiger partial charge in [-0.3, -0.25) is 4.79 Å². The molecule has 0 saturated heterocycles. The number of nitrogens with two attached hydrogens (primary N) is 1. The second kappa shape index (κ2) is 3.66. The van der Waals surface area contributed by atoms with Crippen molar-refractivity contribution in [2.45, 2.75) is 51.7 Å². The molecule has 76 valence electrons. The predicted molar refractivity (Wildman–Crippen MR) is 51.2 cm³/mol. The van der Waals surface area contributed by atoms with Gasteiger partial charge in [-0.15, -0.1) is 0 Å². The molecule has 3 nitrogen and oxygen atoms in total. The molecule has 0 aromatic rings. The second-order valence-electron chi connectivity index (χ2n) is 4.79. The summed E-state index contributed by atoms with van der Waals surface area (Å²) in [6, 6.07) is 0.215. The maximum Gasteiger partial charge on any atom is 0.306 e. The van der Waals surface area contributed by atoms with Crippen LogP contribution >= 0.6 is 0 Å². The summed E-state index contributed by atoms with van der Waals surface area (Å²) in [6.07, 6.45) is 2.60. The molecule has 0 aliphatic heterocycles. The van der Waals surface area contributed by atoms with Crippen LogP contribution < -0.4 is 5.73 Å². The van der Waals surface area contributed by atoms with E-state index in [0.29, 0.717) is 12.3 Å². The molecule has 1 aliphatic carbocycles. The summed E-state index contributed by atoms with van der Waals surface area (Å²) >= 11 is 0. The molecule has 13 heavy (non-hydrogen) atoms. The van der Waals surface area contributed by atoms with Crippen LogP contribution in [0.2, 0.25) is 0 Å². The first-order valence-corrected chi connectivity index (χ1v) is 4.86. The molecule has 1 rings (SSSR count). The molecular formula is C10H19NO2. The van der Waals surface area contributed by atoms with E-state index in [9.17, 15) is 4.79 Å². The van der Waals surface area contributed by atoms with Crippen molar-refractivity contribution in [3.05, 3.63) is 0 Å². The van der Waals surface area contributed by atoms with Crippen molar-refractivity contribution in [1.29, 1.82) is 0 Å². The van der Waals surface area contributed by atoms with Crippen LogP contribution in [-0.4, -0.2) is 17.6 Å². The zero-order chi connectivity index (χ0) is 10.1. The Kier molecular flexibility index (Phi) is 2.96. The number of esters is 1. The molecule has 2 N–H and O–H groups in total. The maximum atomic E-state index is 11.3. The van der Waals surface area contributed by atoms with Gasteiger partial charge in [0.2, 0.25) is 0 Å². The molecular weight excluding hydrogens is 166 g/mol. The fourth-order valence-corrected chi connectivity index (χ4v) is 1.45. The Labute approximate surface area is 79.6 Å². The Balaban J connectivity index is 2.25. The quantitative estimate of drug-likeness (QED) is 0.662. The standard InChI is InChI=1S/C10H19NO2/c1-10(2,3)13-9(12)6-7-4-5-8(7)11/h7-8H,4-6,11H2,1-3H3. The van der Waals surface area contributed by atoms with Gasteiger partial charge < -0.3 is 10.5 Å². The molecule has 0 aromatic heterocycles. The van der Waals surface area contributed by atoms with Gasteiger partial charge >= 0.3 is 5.97 Å². The molecule has 0 spiro atoms. The molecule has 0 amide bonds. The Bertz CT molecular complexity index is 196. The lowest BCUT2D eigenvalue weighted by atomic mass is 9.78. The highest BCUT2D eigenvalue weighted by Gasteiger charge is 2.30. The third-order valence-corrected chi connectivity index (χ3v) is 2.33. The van der Waals surface area contributed by atoms with Gasteiger partial charge in [-0.25, -0.2) is 0 Å². The lowest BCUT2D eigenvalue weighted by Gasteiger charge is -2.33. The molecule has 2 unspecified atom stereocenters. The van der Waals surface area contributed by atoms with Gasteiger partial charge in [-0.05, 0) is 39.5 Å². The van der Waals surface area contributed by atoms with Crippen molar-refractivity contribution in [1.82, 2.24) is 0 Å². The molecule has 1 fully saturated rings. The van der Waals surface area contributed by atoms with Gasteiger partial charge in [-0.1, -0.05) is 0 Å². The highest BCUT2D eigenvalue weighted by molar-refractivity contribution is 5.70. The smallest absolute Gasteiger partial charge is 0.306 e.